The maximum absolute atomic E-state index is 12.1. The molecule has 0 fully saturated rings. The van der Waals surface area contributed by atoms with Gasteiger partial charge in [0.1, 0.15) is 10.6 Å². The zero-order valence-electron chi connectivity index (χ0n) is 17.4. The number of amides is 1. The van der Waals surface area contributed by atoms with Crippen LogP contribution in [-0.4, -0.2) is 49.2 Å². The van der Waals surface area contributed by atoms with E-state index in [1.54, 1.807) is 32.4 Å². The van der Waals surface area contributed by atoms with Crippen molar-refractivity contribution < 1.29 is 27.4 Å². The molecule has 0 radical (unpaired) electrons. The van der Waals surface area contributed by atoms with E-state index in [4.69, 9.17) is 14.2 Å². The standard InChI is InChI=1S/C21H26N2O6S/c1-22-30(25,26)20-14-15(6-9-18(20)28-3)7-10-21(24)23-12-11-16-5-8-17(27-2)19(13-16)29-4/h5-10,13-14,22H,11-12H2,1-4H3,(H,23,24)/b10-7+. The minimum Gasteiger partial charge on any atom is -0.495 e. The highest BCUT2D eigenvalue weighted by Crippen LogP contribution is 2.27. The lowest BCUT2D eigenvalue weighted by Gasteiger charge is -2.10. The fraction of sp³-hybridized carbons (Fsp3) is 0.286. The van der Waals surface area contributed by atoms with Gasteiger partial charge in [-0.15, -0.1) is 0 Å². The van der Waals surface area contributed by atoms with Gasteiger partial charge in [0.25, 0.3) is 0 Å². The van der Waals surface area contributed by atoms with Gasteiger partial charge in [0.2, 0.25) is 15.9 Å². The minimum atomic E-state index is -3.69. The van der Waals surface area contributed by atoms with E-state index >= 15 is 0 Å². The van der Waals surface area contributed by atoms with Gasteiger partial charge >= 0.3 is 0 Å². The smallest absolute Gasteiger partial charge is 0.244 e. The summed E-state index contributed by atoms with van der Waals surface area (Å²) in [5.74, 6) is 1.21. The molecule has 0 unspecified atom stereocenters. The normalized spacial score (nSPS) is 11.3. The Balaban J connectivity index is 1.99. The van der Waals surface area contributed by atoms with E-state index in [9.17, 15) is 13.2 Å². The molecule has 2 aromatic rings. The van der Waals surface area contributed by atoms with E-state index in [0.717, 1.165) is 5.56 Å². The highest BCUT2D eigenvalue weighted by atomic mass is 32.2. The first kappa shape index (κ1) is 23.2. The number of benzene rings is 2. The molecule has 0 aliphatic heterocycles. The van der Waals surface area contributed by atoms with Gasteiger partial charge in [0.05, 0.1) is 21.3 Å². The lowest BCUT2D eigenvalue weighted by atomic mass is 10.1. The summed E-state index contributed by atoms with van der Waals surface area (Å²) in [6.45, 7) is 0.431. The van der Waals surface area contributed by atoms with Gasteiger partial charge in [-0.05, 0) is 54.9 Å². The van der Waals surface area contributed by atoms with Crippen LogP contribution in [0.25, 0.3) is 6.08 Å². The Labute approximate surface area is 176 Å². The van der Waals surface area contributed by atoms with Crippen LogP contribution in [0.15, 0.2) is 47.4 Å². The molecule has 9 heteroatoms. The third-order valence-electron chi connectivity index (χ3n) is 4.33. The number of carbonyl (C=O) groups is 1. The second-order valence-electron chi connectivity index (χ2n) is 6.18. The average molecular weight is 435 g/mol. The van der Waals surface area contributed by atoms with E-state index in [1.807, 2.05) is 18.2 Å². The molecule has 0 heterocycles. The van der Waals surface area contributed by atoms with E-state index in [1.165, 1.54) is 26.3 Å². The summed E-state index contributed by atoms with van der Waals surface area (Å²) in [4.78, 5) is 12.1. The number of methoxy groups -OCH3 is 3. The van der Waals surface area contributed by atoms with Gasteiger partial charge in [-0.2, -0.15) is 0 Å². The number of sulfonamides is 1. The summed E-state index contributed by atoms with van der Waals surface area (Å²) in [7, 11) is 2.17. The maximum atomic E-state index is 12.1. The van der Waals surface area contributed by atoms with Crippen molar-refractivity contribution in [3.8, 4) is 17.2 Å². The summed E-state index contributed by atoms with van der Waals surface area (Å²) in [5, 5.41) is 2.79. The lowest BCUT2D eigenvalue weighted by Crippen LogP contribution is -2.23. The molecule has 2 aromatic carbocycles. The first-order valence-electron chi connectivity index (χ1n) is 9.13. The van der Waals surface area contributed by atoms with Crippen molar-refractivity contribution >= 4 is 22.0 Å². The Kier molecular flexibility index (Phi) is 8.25. The molecule has 30 heavy (non-hydrogen) atoms. The molecule has 0 aromatic heterocycles. The fourth-order valence-corrected chi connectivity index (χ4v) is 3.64. The van der Waals surface area contributed by atoms with E-state index in [-0.39, 0.29) is 16.6 Å². The SMILES string of the molecule is CNS(=O)(=O)c1cc(/C=C/C(=O)NCCc2ccc(OC)c(OC)c2)ccc1OC. The Hall–Kier alpha value is -3.04. The van der Waals surface area contributed by atoms with E-state index in [2.05, 4.69) is 10.0 Å². The number of carbonyl (C=O) groups excluding carboxylic acids is 1. The van der Waals surface area contributed by atoms with Crippen LogP contribution in [0, 0.1) is 0 Å². The van der Waals surface area contributed by atoms with Gasteiger partial charge in [-0.3, -0.25) is 4.79 Å². The molecule has 0 saturated carbocycles. The summed E-state index contributed by atoms with van der Waals surface area (Å²) >= 11 is 0. The van der Waals surface area contributed by atoms with Crippen molar-refractivity contribution in [2.24, 2.45) is 0 Å². The zero-order valence-corrected chi connectivity index (χ0v) is 18.2. The van der Waals surface area contributed by atoms with Crippen LogP contribution >= 0.6 is 0 Å². The van der Waals surface area contributed by atoms with Crippen molar-refractivity contribution in [2.45, 2.75) is 11.3 Å². The molecule has 0 saturated heterocycles. The summed E-state index contributed by atoms with van der Waals surface area (Å²) < 4.78 is 42.1. The van der Waals surface area contributed by atoms with Crippen LogP contribution < -0.4 is 24.2 Å². The monoisotopic (exact) mass is 434 g/mol. The minimum absolute atomic E-state index is 0.00325. The average Bonchev–Trinajstić information content (AvgIpc) is 2.77. The number of rotatable bonds is 10. The van der Waals surface area contributed by atoms with Crippen molar-refractivity contribution in [1.29, 1.82) is 0 Å². The van der Waals surface area contributed by atoms with Gasteiger partial charge in [-0.25, -0.2) is 13.1 Å². The molecule has 0 aliphatic rings. The highest BCUT2D eigenvalue weighted by molar-refractivity contribution is 7.89. The fourth-order valence-electron chi connectivity index (χ4n) is 2.71. The van der Waals surface area contributed by atoms with Crippen LogP contribution in [0.1, 0.15) is 11.1 Å². The quantitative estimate of drug-likeness (QED) is 0.555. The topological polar surface area (TPSA) is 103 Å². The molecule has 2 rings (SSSR count). The molecule has 8 nitrogen and oxygen atoms in total. The molecule has 1 amide bonds. The zero-order chi connectivity index (χ0) is 22.1. The van der Waals surface area contributed by atoms with Crippen molar-refractivity contribution in [3.05, 3.63) is 53.6 Å². The van der Waals surface area contributed by atoms with Crippen LogP contribution in [0.4, 0.5) is 0 Å². The number of hydrogen-bond donors (Lipinski definition) is 2. The van der Waals surface area contributed by atoms with Gasteiger partial charge in [0, 0.05) is 12.6 Å². The molecule has 0 spiro atoms. The summed E-state index contributed by atoms with van der Waals surface area (Å²) in [6, 6.07) is 10.2. The van der Waals surface area contributed by atoms with Gasteiger partial charge in [0.15, 0.2) is 11.5 Å². The largest absolute Gasteiger partial charge is 0.495 e. The third kappa shape index (κ3) is 5.98. The first-order chi connectivity index (χ1) is 14.3. The number of nitrogens with one attached hydrogen (secondary N) is 2. The van der Waals surface area contributed by atoms with Crippen LogP contribution in [0.2, 0.25) is 0 Å². The van der Waals surface area contributed by atoms with Gasteiger partial charge in [-0.1, -0.05) is 12.1 Å². The van der Waals surface area contributed by atoms with Crippen molar-refractivity contribution in [1.82, 2.24) is 10.0 Å². The van der Waals surface area contributed by atoms with Crippen LogP contribution in [-0.2, 0) is 21.2 Å². The van der Waals surface area contributed by atoms with E-state index < -0.39 is 10.0 Å². The Bertz CT molecular complexity index is 1020. The third-order valence-corrected chi connectivity index (χ3v) is 5.77. The van der Waals surface area contributed by atoms with Crippen molar-refractivity contribution in [2.75, 3.05) is 34.9 Å². The molecule has 162 valence electrons. The molecule has 0 bridgehead atoms. The van der Waals surface area contributed by atoms with Crippen LogP contribution in [0.5, 0.6) is 17.2 Å². The van der Waals surface area contributed by atoms with Crippen molar-refractivity contribution in [3.63, 3.8) is 0 Å². The summed E-state index contributed by atoms with van der Waals surface area (Å²) in [5.41, 5.74) is 1.55. The summed E-state index contributed by atoms with van der Waals surface area (Å²) in [6.07, 6.45) is 3.51. The van der Waals surface area contributed by atoms with E-state index in [0.29, 0.717) is 30.0 Å². The predicted molar refractivity (Wildman–Crippen MR) is 115 cm³/mol. The molecular formula is C21H26N2O6S. The first-order valence-corrected chi connectivity index (χ1v) is 10.6. The highest BCUT2D eigenvalue weighted by Gasteiger charge is 2.17. The number of hydrogen-bond acceptors (Lipinski definition) is 6. The van der Waals surface area contributed by atoms with Gasteiger partial charge < -0.3 is 19.5 Å². The Morgan fingerprint density at radius 2 is 1.63 bits per heavy atom. The maximum Gasteiger partial charge on any atom is 0.244 e. The van der Waals surface area contributed by atoms with Crippen LogP contribution in [0.3, 0.4) is 0 Å². The predicted octanol–water partition coefficient (Wildman–Crippen LogP) is 1.99. The second-order valence-corrected chi connectivity index (χ2v) is 8.04. The second kappa shape index (κ2) is 10.7. The number of ether oxygens (including phenoxy) is 3. The Morgan fingerprint density at radius 3 is 2.27 bits per heavy atom. The molecular weight excluding hydrogens is 408 g/mol. The lowest BCUT2D eigenvalue weighted by molar-refractivity contribution is -0.116. The molecule has 0 aliphatic carbocycles. The Morgan fingerprint density at radius 1 is 0.967 bits per heavy atom. The molecule has 2 N–H and O–H groups in total. The molecule has 0 atom stereocenters.